The molecule has 0 spiro atoms. The second-order valence-corrected chi connectivity index (χ2v) is 7.95. The normalized spacial score (nSPS) is 17.4. The number of piperidine rings is 1. The molecule has 0 radical (unpaired) electrons. The minimum Gasteiger partial charge on any atom is -0.494 e. The number of aromatic nitrogens is 2. The number of benzene rings is 2. The van der Waals surface area contributed by atoms with Gasteiger partial charge in [0.15, 0.2) is 11.5 Å². The molecule has 1 unspecified atom stereocenters. The van der Waals surface area contributed by atoms with Gasteiger partial charge in [-0.05, 0) is 55.7 Å². The highest BCUT2D eigenvalue weighted by Gasteiger charge is 2.29. The average Bonchev–Trinajstić information content (AvgIpc) is 3.50. The predicted molar refractivity (Wildman–Crippen MR) is 116 cm³/mol. The fraction of sp³-hybridized carbons (Fsp3) is 0.375. The van der Waals surface area contributed by atoms with Crippen LogP contribution in [0, 0.1) is 0 Å². The van der Waals surface area contributed by atoms with Crippen molar-refractivity contribution in [3.8, 4) is 28.7 Å². The van der Waals surface area contributed by atoms with E-state index in [1.807, 2.05) is 54.3 Å². The molecule has 1 aromatic heterocycles. The second kappa shape index (κ2) is 8.90. The Balaban J connectivity index is 1.23. The highest BCUT2D eigenvalue weighted by atomic mass is 16.7. The molecule has 2 aliphatic rings. The number of amides is 1. The molecule has 1 amide bonds. The van der Waals surface area contributed by atoms with Crippen molar-refractivity contribution in [3.05, 3.63) is 53.9 Å². The van der Waals surface area contributed by atoms with E-state index in [2.05, 4.69) is 10.2 Å². The number of hydrogen-bond acceptors (Lipinski definition) is 7. The number of carbonyl (C=O) groups excluding carboxylic acids is 1. The van der Waals surface area contributed by atoms with Gasteiger partial charge in [-0.2, -0.15) is 0 Å². The summed E-state index contributed by atoms with van der Waals surface area (Å²) in [5.74, 6) is 3.34. The summed E-state index contributed by atoms with van der Waals surface area (Å²) < 4.78 is 22.2. The SMILES string of the molecule is CCOc1ccc(CC(=O)N2CCCC(c3nnc(-c4ccc5c(c4)OCO5)o3)C2)cc1. The van der Waals surface area contributed by atoms with E-state index in [4.69, 9.17) is 18.6 Å². The summed E-state index contributed by atoms with van der Waals surface area (Å²) in [6, 6.07) is 13.2. The highest BCUT2D eigenvalue weighted by molar-refractivity contribution is 5.79. The summed E-state index contributed by atoms with van der Waals surface area (Å²) in [4.78, 5) is 14.8. The maximum absolute atomic E-state index is 12.9. The van der Waals surface area contributed by atoms with Crippen LogP contribution >= 0.6 is 0 Å². The Morgan fingerprint density at radius 3 is 2.81 bits per heavy atom. The van der Waals surface area contributed by atoms with Gasteiger partial charge in [0.25, 0.3) is 0 Å². The third-order valence-electron chi connectivity index (χ3n) is 5.77. The van der Waals surface area contributed by atoms with Gasteiger partial charge in [0, 0.05) is 18.7 Å². The monoisotopic (exact) mass is 435 g/mol. The lowest BCUT2D eigenvalue weighted by atomic mass is 9.97. The fourth-order valence-electron chi connectivity index (χ4n) is 4.11. The summed E-state index contributed by atoms with van der Waals surface area (Å²) in [6.07, 6.45) is 2.18. The van der Waals surface area contributed by atoms with Gasteiger partial charge in [-0.3, -0.25) is 4.79 Å². The van der Waals surface area contributed by atoms with Gasteiger partial charge in [-0.15, -0.1) is 10.2 Å². The number of fused-ring (bicyclic) bond motifs is 1. The van der Waals surface area contributed by atoms with Crippen molar-refractivity contribution in [2.45, 2.75) is 32.1 Å². The first-order chi connectivity index (χ1) is 15.7. The lowest BCUT2D eigenvalue weighted by Gasteiger charge is -2.31. The van der Waals surface area contributed by atoms with Crippen LogP contribution in [0.3, 0.4) is 0 Å². The molecule has 0 saturated carbocycles. The van der Waals surface area contributed by atoms with Crippen LogP contribution in [-0.2, 0) is 11.2 Å². The third-order valence-corrected chi connectivity index (χ3v) is 5.77. The first-order valence-corrected chi connectivity index (χ1v) is 10.9. The molecule has 8 heteroatoms. The van der Waals surface area contributed by atoms with E-state index in [9.17, 15) is 4.79 Å². The van der Waals surface area contributed by atoms with Crippen molar-refractivity contribution in [1.29, 1.82) is 0 Å². The van der Waals surface area contributed by atoms with E-state index in [0.29, 0.717) is 42.9 Å². The Kier molecular flexibility index (Phi) is 5.66. The van der Waals surface area contributed by atoms with Gasteiger partial charge in [0.2, 0.25) is 24.5 Å². The van der Waals surface area contributed by atoms with E-state index in [-0.39, 0.29) is 18.6 Å². The van der Waals surface area contributed by atoms with Crippen LogP contribution in [0.15, 0.2) is 46.9 Å². The standard InChI is InChI=1S/C24H25N3O5/c1-2-29-19-8-5-16(6-9-19)12-22(28)27-11-3-4-18(14-27)24-26-25-23(32-24)17-7-10-20-21(13-17)31-15-30-20/h5-10,13,18H,2-4,11-12,14-15H2,1H3. The second-order valence-electron chi connectivity index (χ2n) is 7.95. The zero-order valence-electron chi connectivity index (χ0n) is 18.0. The summed E-state index contributed by atoms with van der Waals surface area (Å²) in [6.45, 7) is 4.12. The van der Waals surface area contributed by atoms with Gasteiger partial charge in [0.05, 0.1) is 18.9 Å². The summed E-state index contributed by atoms with van der Waals surface area (Å²) in [5.41, 5.74) is 1.76. The minimum atomic E-state index is 0.0308. The van der Waals surface area contributed by atoms with E-state index in [1.54, 1.807) is 0 Å². The molecule has 166 valence electrons. The molecule has 0 bridgehead atoms. The van der Waals surface area contributed by atoms with Crippen molar-refractivity contribution in [2.24, 2.45) is 0 Å². The maximum Gasteiger partial charge on any atom is 0.247 e. The number of hydrogen-bond donors (Lipinski definition) is 0. The van der Waals surface area contributed by atoms with Gasteiger partial charge >= 0.3 is 0 Å². The zero-order chi connectivity index (χ0) is 21.9. The Bertz CT molecular complexity index is 1100. The molecule has 0 aliphatic carbocycles. The quantitative estimate of drug-likeness (QED) is 0.582. The summed E-state index contributed by atoms with van der Waals surface area (Å²) in [7, 11) is 0. The molecule has 3 aromatic rings. The predicted octanol–water partition coefficient (Wildman–Crippen LogP) is 3.81. The summed E-state index contributed by atoms with van der Waals surface area (Å²) >= 11 is 0. The van der Waals surface area contributed by atoms with Gasteiger partial charge < -0.3 is 23.5 Å². The molecule has 1 fully saturated rings. The Morgan fingerprint density at radius 2 is 1.97 bits per heavy atom. The Hall–Kier alpha value is -3.55. The first-order valence-electron chi connectivity index (χ1n) is 10.9. The Labute approximate surface area is 186 Å². The number of likely N-dealkylation sites (tertiary alicyclic amines) is 1. The van der Waals surface area contributed by atoms with Crippen LogP contribution in [0.4, 0.5) is 0 Å². The molecular weight excluding hydrogens is 410 g/mol. The van der Waals surface area contributed by atoms with Gasteiger partial charge in [0.1, 0.15) is 5.75 Å². The van der Waals surface area contributed by atoms with Crippen molar-refractivity contribution < 1.29 is 23.4 Å². The molecular formula is C24H25N3O5. The van der Waals surface area contributed by atoms with Crippen molar-refractivity contribution in [1.82, 2.24) is 15.1 Å². The summed E-state index contributed by atoms with van der Waals surface area (Å²) in [5, 5.41) is 8.49. The van der Waals surface area contributed by atoms with E-state index in [1.165, 1.54) is 0 Å². The van der Waals surface area contributed by atoms with E-state index in [0.717, 1.165) is 36.3 Å². The average molecular weight is 435 g/mol. The van der Waals surface area contributed by atoms with E-state index < -0.39 is 0 Å². The topological polar surface area (TPSA) is 86.9 Å². The Morgan fingerprint density at radius 1 is 1.12 bits per heavy atom. The number of carbonyl (C=O) groups is 1. The minimum absolute atomic E-state index is 0.0308. The van der Waals surface area contributed by atoms with Crippen LogP contribution in [0.25, 0.3) is 11.5 Å². The first kappa shape index (κ1) is 20.4. The fourth-order valence-corrected chi connectivity index (χ4v) is 4.11. The van der Waals surface area contributed by atoms with Crippen molar-refractivity contribution in [3.63, 3.8) is 0 Å². The van der Waals surface area contributed by atoms with Crippen LogP contribution in [0.1, 0.15) is 37.1 Å². The van der Waals surface area contributed by atoms with Crippen molar-refractivity contribution >= 4 is 5.91 Å². The number of nitrogens with zero attached hydrogens (tertiary/aromatic N) is 3. The molecule has 2 aliphatic heterocycles. The van der Waals surface area contributed by atoms with Crippen LogP contribution < -0.4 is 14.2 Å². The lowest BCUT2D eigenvalue weighted by Crippen LogP contribution is -2.40. The number of rotatable bonds is 6. The van der Waals surface area contributed by atoms with Crippen molar-refractivity contribution in [2.75, 3.05) is 26.5 Å². The smallest absolute Gasteiger partial charge is 0.247 e. The third kappa shape index (κ3) is 4.26. The molecule has 3 heterocycles. The molecule has 0 N–H and O–H groups in total. The molecule has 2 aromatic carbocycles. The largest absolute Gasteiger partial charge is 0.494 e. The van der Waals surface area contributed by atoms with Gasteiger partial charge in [-0.25, -0.2) is 0 Å². The number of ether oxygens (including phenoxy) is 3. The van der Waals surface area contributed by atoms with Crippen LogP contribution in [-0.4, -0.2) is 47.5 Å². The molecule has 8 nitrogen and oxygen atoms in total. The van der Waals surface area contributed by atoms with Crippen LogP contribution in [0.5, 0.6) is 17.2 Å². The molecule has 1 saturated heterocycles. The van der Waals surface area contributed by atoms with Gasteiger partial charge in [-0.1, -0.05) is 12.1 Å². The zero-order valence-corrected chi connectivity index (χ0v) is 18.0. The lowest BCUT2D eigenvalue weighted by molar-refractivity contribution is -0.131. The molecule has 1 atom stereocenters. The molecule has 5 rings (SSSR count). The molecule has 32 heavy (non-hydrogen) atoms. The van der Waals surface area contributed by atoms with E-state index >= 15 is 0 Å². The van der Waals surface area contributed by atoms with Crippen LogP contribution in [0.2, 0.25) is 0 Å². The highest BCUT2D eigenvalue weighted by Crippen LogP contribution is 2.36. The maximum atomic E-state index is 12.9.